The second-order valence-corrected chi connectivity index (χ2v) is 6.56. The first kappa shape index (κ1) is 17.9. The molecule has 0 aliphatic heterocycles. The smallest absolute Gasteiger partial charge is 0.251 e. The highest BCUT2D eigenvalue weighted by Crippen LogP contribution is 2.30. The van der Waals surface area contributed by atoms with E-state index >= 15 is 0 Å². The molecule has 0 saturated heterocycles. The van der Waals surface area contributed by atoms with Crippen molar-refractivity contribution in [1.29, 1.82) is 0 Å². The van der Waals surface area contributed by atoms with E-state index in [1.165, 1.54) is 0 Å². The number of carbonyl (C=O) groups excluding carboxylic acids is 1. The largest absolute Gasteiger partial charge is 0.343 e. The normalized spacial score (nSPS) is 13.0. The summed E-state index contributed by atoms with van der Waals surface area (Å²) in [6, 6.07) is 24.7. The lowest BCUT2D eigenvalue weighted by molar-refractivity contribution is 0.0930. The lowest BCUT2D eigenvalue weighted by Gasteiger charge is -2.28. The van der Waals surface area contributed by atoms with Gasteiger partial charge in [-0.3, -0.25) is 4.79 Å². The average Bonchev–Trinajstić information content (AvgIpc) is 2.67. The van der Waals surface area contributed by atoms with E-state index in [-0.39, 0.29) is 18.0 Å². The summed E-state index contributed by atoms with van der Waals surface area (Å²) < 4.78 is 0. The molecule has 0 radical (unpaired) electrons. The van der Waals surface area contributed by atoms with Crippen LogP contribution in [0.5, 0.6) is 0 Å². The molecule has 0 heterocycles. The number of nitrogens with two attached hydrogens (primary N) is 1. The van der Waals surface area contributed by atoms with Gasteiger partial charge in [-0.15, -0.1) is 0 Å². The summed E-state index contributed by atoms with van der Waals surface area (Å²) in [4.78, 5) is 12.8. The van der Waals surface area contributed by atoms with Gasteiger partial charge in [-0.25, -0.2) is 0 Å². The lowest BCUT2D eigenvalue weighted by atomic mass is 9.89. The number of aryl methyl sites for hydroxylation is 2. The SMILES string of the molecule is Cc1ccccc1[C@@H](NC(=O)c1ccccc1)[C@@H](N)c1ccccc1C. The molecule has 132 valence electrons. The zero-order valence-electron chi connectivity index (χ0n) is 15.1. The fourth-order valence-electron chi connectivity index (χ4n) is 3.25. The Hall–Kier alpha value is -2.91. The second kappa shape index (κ2) is 7.98. The van der Waals surface area contributed by atoms with Crippen LogP contribution in [0.25, 0.3) is 0 Å². The highest BCUT2D eigenvalue weighted by molar-refractivity contribution is 5.94. The molecular weight excluding hydrogens is 320 g/mol. The molecule has 3 aromatic carbocycles. The minimum absolute atomic E-state index is 0.122. The summed E-state index contributed by atoms with van der Waals surface area (Å²) in [5, 5.41) is 3.15. The number of hydrogen-bond donors (Lipinski definition) is 2. The van der Waals surface area contributed by atoms with E-state index in [2.05, 4.69) is 5.32 Å². The summed E-state index contributed by atoms with van der Waals surface area (Å²) in [5.74, 6) is -0.122. The Morgan fingerprint density at radius 3 is 1.85 bits per heavy atom. The number of hydrogen-bond acceptors (Lipinski definition) is 2. The number of carbonyl (C=O) groups is 1. The van der Waals surface area contributed by atoms with Gasteiger partial charge in [-0.1, -0.05) is 66.7 Å². The highest BCUT2D eigenvalue weighted by atomic mass is 16.1. The van der Waals surface area contributed by atoms with E-state index in [0.29, 0.717) is 5.56 Å². The van der Waals surface area contributed by atoms with Crippen LogP contribution in [0.3, 0.4) is 0 Å². The van der Waals surface area contributed by atoms with Crippen molar-refractivity contribution in [3.8, 4) is 0 Å². The Bertz CT molecular complexity index is 889. The van der Waals surface area contributed by atoms with Crippen LogP contribution in [-0.2, 0) is 0 Å². The average molecular weight is 344 g/mol. The van der Waals surface area contributed by atoms with Crippen LogP contribution in [0.2, 0.25) is 0 Å². The van der Waals surface area contributed by atoms with Gasteiger partial charge in [0.05, 0.1) is 12.1 Å². The summed E-state index contributed by atoms with van der Waals surface area (Å²) >= 11 is 0. The first-order valence-electron chi connectivity index (χ1n) is 8.80. The molecule has 1 amide bonds. The molecule has 0 unspecified atom stereocenters. The van der Waals surface area contributed by atoms with Crippen molar-refractivity contribution in [2.75, 3.05) is 0 Å². The third kappa shape index (κ3) is 3.84. The molecule has 0 saturated carbocycles. The molecule has 2 atom stereocenters. The van der Waals surface area contributed by atoms with Gasteiger partial charge in [-0.05, 0) is 48.2 Å². The minimum atomic E-state index is -0.343. The highest BCUT2D eigenvalue weighted by Gasteiger charge is 2.26. The first-order valence-corrected chi connectivity index (χ1v) is 8.80. The second-order valence-electron chi connectivity index (χ2n) is 6.56. The third-order valence-corrected chi connectivity index (χ3v) is 4.75. The van der Waals surface area contributed by atoms with Crippen LogP contribution >= 0.6 is 0 Å². The molecule has 3 heteroatoms. The monoisotopic (exact) mass is 344 g/mol. The first-order chi connectivity index (χ1) is 12.6. The summed E-state index contributed by atoms with van der Waals surface area (Å²) in [7, 11) is 0. The maximum atomic E-state index is 12.8. The van der Waals surface area contributed by atoms with Crippen molar-refractivity contribution in [1.82, 2.24) is 5.32 Å². The fraction of sp³-hybridized carbons (Fsp3) is 0.174. The zero-order chi connectivity index (χ0) is 18.5. The molecule has 3 rings (SSSR count). The van der Waals surface area contributed by atoms with Crippen LogP contribution in [0.4, 0.5) is 0 Å². The van der Waals surface area contributed by atoms with Crippen LogP contribution in [0.15, 0.2) is 78.9 Å². The van der Waals surface area contributed by atoms with Crippen LogP contribution < -0.4 is 11.1 Å². The quantitative estimate of drug-likeness (QED) is 0.717. The Balaban J connectivity index is 1.99. The Kier molecular flexibility index (Phi) is 5.49. The molecule has 0 fully saturated rings. The summed E-state index contributed by atoms with van der Waals surface area (Å²) in [6.07, 6.45) is 0. The van der Waals surface area contributed by atoms with Gasteiger partial charge in [0.25, 0.3) is 5.91 Å². The van der Waals surface area contributed by atoms with Crippen LogP contribution in [0, 0.1) is 13.8 Å². The van der Waals surface area contributed by atoms with E-state index in [1.54, 1.807) is 0 Å². The number of rotatable bonds is 5. The van der Waals surface area contributed by atoms with Gasteiger partial charge in [0.2, 0.25) is 0 Å². The maximum Gasteiger partial charge on any atom is 0.251 e. The van der Waals surface area contributed by atoms with Crippen molar-refractivity contribution < 1.29 is 4.79 Å². The van der Waals surface area contributed by atoms with Gasteiger partial charge >= 0.3 is 0 Å². The molecule has 3 nitrogen and oxygen atoms in total. The predicted octanol–water partition coefficient (Wildman–Crippen LogP) is 4.47. The predicted molar refractivity (Wildman–Crippen MR) is 106 cm³/mol. The molecule has 26 heavy (non-hydrogen) atoms. The molecule has 0 aliphatic carbocycles. The summed E-state index contributed by atoms with van der Waals surface area (Å²) in [5.41, 5.74) is 11.6. The zero-order valence-corrected chi connectivity index (χ0v) is 15.1. The van der Waals surface area contributed by atoms with Gasteiger partial charge in [0.15, 0.2) is 0 Å². The van der Waals surface area contributed by atoms with Crippen molar-refractivity contribution in [3.05, 3.63) is 107 Å². The van der Waals surface area contributed by atoms with Crippen molar-refractivity contribution in [2.24, 2.45) is 5.73 Å². The van der Waals surface area contributed by atoms with E-state index in [4.69, 9.17) is 5.73 Å². The Morgan fingerprint density at radius 1 is 0.769 bits per heavy atom. The number of nitrogens with one attached hydrogen (secondary N) is 1. The third-order valence-electron chi connectivity index (χ3n) is 4.75. The Labute approximate surface area is 154 Å². The Morgan fingerprint density at radius 2 is 1.27 bits per heavy atom. The maximum absolute atomic E-state index is 12.8. The van der Waals surface area contributed by atoms with Gasteiger partial charge in [-0.2, -0.15) is 0 Å². The van der Waals surface area contributed by atoms with Gasteiger partial charge in [0.1, 0.15) is 0 Å². The molecule has 0 spiro atoms. The standard InChI is InChI=1S/C23H24N2O/c1-16-10-6-8-14-19(16)21(24)22(20-15-9-7-11-17(20)2)25-23(26)18-12-4-3-5-13-18/h3-15,21-22H,24H2,1-2H3,(H,25,26)/t21-,22+/m0/s1. The van der Waals surface area contributed by atoms with Crippen molar-refractivity contribution >= 4 is 5.91 Å². The van der Waals surface area contributed by atoms with Crippen LogP contribution in [0.1, 0.15) is 44.7 Å². The summed E-state index contributed by atoms with van der Waals surface area (Å²) in [6.45, 7) is 4.09. The molecule has 0 aromatic heterocycles. The van der Waals surface area contributed by atoms with Crippen molar-refractivity contribution in [2.45, 2.75) is 25.9 Å². The lowest BCUT2D eigenvalue weighted by Crippen LogP contribution is -2.36. The molecule has 0 aliphatic rings. The number of benzene rings is 3. The van der Waals surface area contributed by atoms with E-state index in [1.807, 2.05) is 92.7 Å². The van der Waals surface area contributed by atoms with E-state index < -0.39 is 0 Å². The van der Waals surface area contributed by atoms with Gasteiger partial charge < -0.3 is 11.1 Å². The van der Waals surface area contributed by atoms with Crippen molar-refractivity contribution in [3.63, 3.8) is 0 Å². The van der Waals surface area contributed by atoms with E-state index in [9.17, 15) is 4.79 Å². The van der Waals surface area contributed by atoms with E-state index in [0.717, 1.165) is 22.3 Å². The molecule has 3 aromatic rings. The molecule has 0 bridgehead atoms. The van der Waals surface area contributed by atoms with Gasteiger partial charge in [0, 0.05) is 5.56 Å². The minimum Gasteiger partial charge on any atom is -0.343 e. The fourth-order valence-corrected chi connectivity index (χ4v) is 3.25. The number of amides is 1. The topological polar surface area (TPSA) is 55.1 Å². The molecular formula is C23H24N2O. The van der Waals surface area contributed by atoms with Crippen LogP contribution in [-0.4, -0.2) is 5.91 Å². The molecule has 3 N–H and O–H groups in total.